The van der Waals surface area contributed by atoms with Gasteiger partial charge in [-0.1, -0.05) is 0 Å². The van der Waals surface area contributed by atoms with E-state index in [4.69, 9.17) is 4.74 Å². The van der Waals surface area contributed by atoms with Gasteiger partial charge in [-0.05, 0) is 37.0 Å². The second-order valence-corrected chi connectivity index (χ2v) is 7.83. The third-order valence-corrected chi connectivity index (χ3v) is 5.28. The van der Waals surface area contributed by atoms with E-state index in [2.05, 4.69) is 9.82 Å². The van der Waals surface area contributed by atoms with E-state index in [1.54, 1.807) is 10.9 Å². The van der Waals surface area contributed by atoms with Gasteiger partial charge in [0, 0.05) is 31.5 Å². The van der Waals surface area contributed by atoms with Crippen LogP contribution < -0.4 is 4.72 Å². The van der Waals surface area contributed by atoms with E-state index < -0.39 is 27.4 Å². The molecule has 1 saturated heterocycles. The summed E-state index contributed by atoms with van der Waals surface area (Å²) in [6.07, 6.45) is 4.88. The second kappa shape index (κ2) is 7.49. The van der Waals surface area contributed by atoms with E-state index in [1.807, 2.05) is 0 Å². The van der Waals surface area contributed by atoms with Crippen molar-refractivity contribution in [2.45, 2.75) is 25.1 Å². The predicted octanol–water partition coefficient (Wildman–Crippen LogP) is 2.53. The Morgan fingerprint density at radius 3 is 2.80 bits per heavy atom. The maximum absolute atomic E-state index is 13.6. The Balaban J connectivity index is 1.63. The minimum absolute atomic E-state index is 0.220. The monoisotopic (exact) mass is 371 g/mol. The Bertz CT molecular complexity index is 833. The Kier molecular flexibility index (Phi) is 5.33. The van der Waals surface area contributed by atoms with Gasteiger partial charge in [-0.2, -0.15) is 5.10 Å². The number of hydrogen-bond acceptors (Lipinski definition) is 4. The number of anilines is 1. The fourth-order valence-electron chi connectivity index (χ4n) is 2.78. The molecule has 2 aromatic rings. The van der Waals surface area contributed by atoms with Crippen LogP contribution in [0.5, 0.6) is 0 Å². The maximum atomic E-state index is 13.6. The van der Waals surface area contributed by atoms with Gasteiger partial charge >= 0.3 is 0 Å². The molecule has 0 amide bonds. The van der Waals surface area contributed by atoms with Gasteiger partial charge < -0.3 is 4.74 Å². The minimum Gasteiger partial charge on any atom is -0.381 e. The van der Waals surface area contributed by atoms with Crippen LogP contribution in [0, 0.1) is 17.6 Å². The summed E-state index contributed by atoms with van der Waals surface area (Å²) < 4.78 is 60.5. The van der Waals surface area contributed by atoms with Gasteiger partial charge in [-0.3, -0.25) is 9.40 Å². The molecule has 0 atom stereocenters. The van der Waals surface area contributed by atoms with Crippen LogP contribution in [-0.4, -0.2) is 31.4 Å². The first-order valence-electron chi connectivity index (χ1n) is 7.96. The lowest BCUT2D eigenvalue weighted by molar-refractivity contribution is 0.0601. The number of rotatable bonds is 6. The molecule has 1 N–H and O–H groups in total. The Morgan fingerprint density at radius 1 is 1.28 bits per heavy atom. The van der Waals surface area contributed by atoms with E-state index in [1.165, 1.54) is 6.20 Å². The molecule has 0 radical (unpaired) electrons. The van der Waals surface area contributed by atoms with Crippen molar-refractivity contribution in [1.82, 2.24) is 9.78 Å². The molecule has 0 bridgehead atoms. The molecule has 1 fully saturated rings. The molecular formula is C16H19F2N3O3S. The summed E-state index contributed by atoms with van der Waals surface area (Å²) >= 11 is 0. The number of sulfonamides is 1. The van der Waals surface area contributed by atoms with Crippen molar-refractivity contribution in [2.24, 2.45) is 5.92 Å². The van der Waals surface area contributed by atoms with Crippen LogP contribution in [-0.2, 0) is 27.1 Å². The van der Waals surface area contributed by atoms with Crippen molar-refractivity contribution in [1.29, 1.82) is 0 Å². The first-order chi connectivity index (χ1) is 11.9. The van der Waals surface area contributed by atoms with Crippen molar-refractivity contribution in [3.63, 3.8) is 0 Å². The van der Waals surface area contributed by atoms with Crippen molar-refractivity contribution in [3.8, 4) is 0 Å². The first kappa shape index (κ1) is 17.8. The van der Waals surface area contributed by atoms with E-state index in [9.17, 15) is 17.2 Å². The fourth-order valence-corrected chi connectivity index (χ4v) is 3.95. The Labute approximate surface area is 144 Å². The SMILES string of the molecule is O=S(=O)(Cc1cc(F)ccc1F)Nc1cnn(CC2CCOCC2)c1. The van der Waals surface area contributed by atoms with Crippen LogP contribution >= 0.6 is 0 Å². The van der Waals surface area contributed by atoms with Gasteiger partial charge in [0.15, 0.2) is 0 Å². The highest BCUT2D eigenvalue weighted by Gasteiger charge is 2.18. The molecular weight excluding hydrogens is 352 g/mol. The number of halogens is 2. The van der Waals surface area contributed by atoms with Crippen molar-refractivity contribution in [2.75, 3.05) is 17.9 Å². The van der Waals surface area contributed by atoms with Crippen molar-refractivity contribution < 1.29 is 21.9 Å². The molecule has 6 nitrogen and oxygen atoms in total. The highest BCUT2D eigenvalue weighted by Crippen LogP contribution is 2.19. The smallest absolute Gasteiger partial charge is 0.237 e. The molecule has 2 heterocycles. The molecule has 3 rings (SSSR count). The lowest BCUT2D eigenvalue weighted by atomic mass is 10.0. The Morgan fingerprint density at radius 2 is 2.04 bits per heavy atom. The van der Waals surface area contributed by atoms with Gasteiger partial charge in [0.1, 0.15) is 11.6 Å². The molecule has 25 heavy (non-hydrogen) atoms. The number of benzene rings is 1. The molecule has 0 spiro atoms. The number of aromatic nitrogens is 2. The largest absolute Gasteiger partial charge is 0.381 e. The highest BCUT2D eigenvalue weighted by molar-refractivity contribution is 7.91. The number of hydrogen-bond donors (Lipinski definition) is 1. The quantitative estimate of drug-likeness (QED) is 0.847. The maximum Gasteiger partial charge on any atom is 0.237 e. The zero-order chi connectivity index (χ0) is 17.9. The molecule has 1 aromatic heterocycles. The summed E-state index contributed by atoms with van der Waals surface area (Å²) in [4.78, 5) is 0. The number of ether oxygens (including phenoxy) is 1. The van der Waals surface area contributed by atoms with E-state index in [0.29, 0.717) is 18.2 Å². The Hall–Kier alpha value is -2.00. The number of nitrogens with zero attached hydrogens (tertiary/aromatic N) is 2. The van der Waals surface area contributed by atoms with E-state index in [0.717, 1.165) is 44.3 Å². The zero-order valence-corrected chi connectivity index (χ0v) is 14.3. The predicted molar refractivity (Wildman–Crippen MR) is 88.4 cm³/mol. The van der Waals surface area contributed by atoms with Crippen LogP contribution in [0.1, 0.15) is 18.4 Å². The molecule has 0 aliphatic carbocycles. The van der Waals surface area contributed by atoms with Crippen LogP contribution in [0.3, 0.4) is 0 Å². The molecule has 1 aliphatic rings. The standard InChI is InChI=1S/C16H19F2N3O3S/c17-14-1-2-16(18)13(7-14)11-25(22,23)20-15-8-19-21(10-15)9-12-3-5-24-6-4-12/h1-2,7-8,10,12,20H,3-6,9,11H2. The summed E-state index contributed by atoms with van der Waals surface area (Å²) in [7, 11) is -3.88. The average molecular weight is 371 g/mol. The van der Waals surface area contributed by atoms with Crippen molar-refractivity contribution in [3.05, 3.63) is 47.8 Å². The third-order valence-electron chi connectivity index (χ3n) is 4.05. The summed E-state index contributed by atoms with van der Waals surface area (Å²) in [5.74, 6) is -1.65. The normalized spacial score (nSPS) is 16.1. The lowest BCUT2D eigenvalue weighted by Gasteiger charge is -2.21. The van der Waals surface area contributed by atoms with Crippen LogP contribution in [0.15, 0.2) is 30.6 Å². The topological polar surface area (TPSA) is 73.2 Å². The van der Waals surface area contributed by atoms with E-state index >= 15 is 0 Å². The highest BCUT2D eigenvalue weighted by atomic mass is 32.2. The minimum atomic E-state index is -3.88. The van der Waals surface area contributed by atoms with Crippen LogP contribution in [0.4, 0.5) is 14.5 Å². The summed E-state index contributed by atoms with van der Waals surface area (Å²) in [6.45, 7) is 2.14. The van der Waals surface area contributed by atoms with Crippen LogP contribution in [0.2, 0.25) is 0 Å². The van der Waals surface area contributed by atoms with Crippen LogP contribution in [0.25, 0.3) is 0 Å². The molecule has 0 saturated carbocycles. The zero-order valence-electron chi connectivity index (χ0n) is 13.5. The lowest BCUT2D eigenvalue weighted by Crippen LogP contribution is -2.20. The summed E-state index contributed by atoms with van der Waals surface area (Å²) in [6, 6.07) is 2.73. The molecule has 1 aliphatic heterocycles. The fraction of sp³-hybridized carbons (Fsp3) is 0.438. The summed E-state index contributed by atoms with van der Waals surface area (Å²) in [5, 5.41) is 4.15. The number of nitrogens with one attached hydrogen (secondary N) is 1. The molecule has 136 valence electrons. The first-order valence-corrected chi connectivity index (χ1v) is 9.61. The van der Waals surface area contributed by atoms with Gasteiger partial charge in [0.2, 0.25) is 10.0 Å². The third kappa shape index (κ3) is 4.99. The van der Waals surface area contributed by atoms with Gasteiger partial charge in [0.25, 0.3) is 0 Å². The second-order valence-electron chi connectivity index (χ2n) is 6.10. The summed E-state index contributed by atoms with van der Waals surface area (Å²) in [5.41, 5.74) is 0.0750. The average Bonchev–Trinajstić information content (AvgIpc) is 2.97. The molecule has 9 heteroatoms. The van der Waals surface area contributed by atoms with Gasteiger partial charge in [0.05, 0.1) is 17.6 Å². The molecule has 0 unspecified atom stereocenters. The van der Waals surface area contributed by atoms with Crippen molar-refractivity contribution >= 4 is 15.7 Å². The van der Waals surface area contributed by atoms with Gasteiger partial charge in [-0.25, -0.2) is 17.2 Å². The molecule has 1 aromatic carbocycles. The van der Waals surface area contributed by atoms with E-state index in [-0.39, 0.29) is 5.56 Å². The van der Waals surface area contributed by atoms with Gasteiger partial charge in [-0.15, -0.1) is 0 Å².